The maximum absolute atomic E-state index is 13.5. The second-order valence-corrected chi connectivity index (χ2v) is 5.59. The van der Waals surface area contributed by atoms with E-state index in [1.165, 1.54) is 20.8 Å². The number of alkyl halides is 2. The lowest BCUT2D eigenvalue weighted by Gasteiger charge is -2.16. The van der Waals surface area contributed by atoms with E-state index in [2.05, 4.69) is 16.1 Å². The fourth-order valence-electron chi connectivity index (χ4n) is 1.52. The smallest absolute Gasteiger partial charge is 0.333 e. The molecule has 0 aromatic heterocycles. The molecule has 138 valence electrons. The minimum Gasteiger partial charge on any atom is -0.466 e. The number of ether oxygens (including phenoxy) is 3. The highest BCUT2D eigenvalue weighted by atomic mass is 19.3. The second kappa shape index (κ2) is 10.7. The van der Waals surface area contributed by atoms with E-state index < -0.39 is 42.8 Å². The van der Waals surface area contributed by atoms with Gasteiger partial charge in [-0.1, -0.05) is 6.58 Å². The van der Waals surface area contributed by atoms with Crippen LogP contribution >= 0.6 is 0 Å². The van der Waals surface area contributed by atoms with Gasteiger partial charge >= 0.3 is 17.9 Å². The van der Waals surface area contributed by atoms with Crippen LogP contribution in [0, 0.1) is 0 Å². The van der Waals surface area contributed by atoms with Crippen LogP contribution in [0.5, 0.6) is 0 Å². The molecular formula is C16H24F2O6. The number of carbonyl (C=O) groups excluding carboxylic acids is 3. The zero-order valence-electron chi connectivity index (χ0n) is 14.2. The zero-order chi connectivity index (χ0) is 18.8. The largest absolute Gasteiger partial charge is 0.466 e. The quantitative estimate of drug-likeness (QED) is 0.247. The molecule has 24 heavy (non-hydrogen) atoms. The molecule has 0 aromatic carbocycles. The van der Waals surface area contributed by atoms with Gasteiger partial charge in [-0.05, 0) is 33.6 Å². The van der Waals surface area contributed by atoms with E-state index in [1.54, 1.807) is 0 Å². The minimum atomic E-state index is -3.51. The summed E-state index contributed by atoms with van der Waals surface area (Å²) in [7, 11) is 0. The second-order valence-electron chi connectivity index (χ2n) is 5.59. The van der Waals surface area contributed by atoms with E-state index in [-0.39, 0.29) is 18.8 Å². The van der Waals surface area contributed by atoms with Crippen LogP contribution < -0.4 is 0 Å². The highest BCUT2D eigenvalue weighted by Gasteiger charge is 2.36. The topological polar surface area (TPSA) is 78.9 Å². The average Bonchev–Trinajstić information content (AvgIpc) is 2.39. The molecule has 0 aromatic rings. The molecule has 0 N–H and O–H groups in total. The number of unbranched alkanes of at least 4 members (excludes halogenated alkanes) is 1. The van der Waals surface area contributed by atoms with E-state index in [4.69, 9.17) is 4.74 Å². The van der Waals surface area contributed by atoms with Gasteiger partial charge < -0.3 is 14.2 Å². The Balaban J connectivity index is 3.90. The number of carbonyl (C=O) groups is 3. The van der Waals surface area contributed by atoms with Gasteiger partial charge in [-0.2, -0.15) is 0 Å². The van der Waals surface area contributed by atoms with E-state index in [0.717, 1.165) is 0 Å². The molecule has 0 saturated carbocycles. The maximum atomic E-state index is 13.5. The first-order chi connectivity index (χ1) is 11.0. The Morgan fingerprint density at radius 3 is 2.00 bits per heavy atom. The fraction of sp³-hybridized carbons (Fsp3) is 0.688. The molecule has 0 aliphatic rings. The molecule has 0 unspecified atom stereocenters. The van der Waals surface area contributed by atoms with E-state index in [0.29, 0.717) is 12.8 Å². The molecule has 0 amide bonds. The van der Waals surface area contributed by atoms with Gasteiger partial charge in [0.1, 0.15) is 12.8 Å². The third-order valence-corrected chi connectivity index (χ3v) is 2.56. The number of rotatable bonds is 11. The van der Waals surface area contributed by atoms with Gasteiger partial charge in [0.05, 0.1) is 19.3 Å². The Bertz CT molecular complexity index is 459. The molecule has 0 bridgehead atoms. The molecule has 0 rings (SSSR count). The predicted molar refractivity (Wildman–Crippen MR) is 81.4 cm³/mol. The van der Waals surface area contributed by atoms with Crippen molar-refractivity contribution in [3.63, 3.8) is 0 Å². The molecule has 0 heterocycles. The summed E-state index contributed by atoms with van der Waals surface area (Å²) in [6.45, 7) is 8.06. The SMILES string of the molecule is C=C(C)C(=O)OCCCCOC(=O)CC(F)(F)CC(=O)OC(C)C. The molecule has 0 aliphatic heterocycles. The van der Waals surface area contributed by atoms with E-state index in [1.807, 2.05) is 0 Å². The molecule has 8 heteroatoms. The first kappa shape index (κ1) is 22.0. The van der Waals surface area contributed by atoms with Crippen LogP contribution in [0.4, 0.5) is 8.78 Å². The third kappa shape index (κ3) is 11.6. The van der Waals surface area contributed by atoms with Gasteiger partial charge in [-0.25, -0.2) is 13.6 Å². The molecule has 0 fully saturated rings. The Hall–Kier alpha value is -1.99. The van der Waals surface area contributed by atoms with Crippen LogP contribution in [0.3, 0.4) is 0 Å². The van der Waals surface area contributed by atoms with Crippen LogP contribution in [0.15, 0.2) is 12.2 Å². The zero-order valence-corrected chi connectivity index (χ0v) is 14.2. The van der Waals surface area contributed by atoms with Gasteiger partial charge in [0.15, 0.2) is 0 Å². The standard InChI is InChI=1S/C16H24F2O6/c1-11(2)15(21)23-8-6-5-7-22-13(19)9-16(17,18)10-14(20)24-12(3)4/h12H,1,5-10H2,2-4H3. The molecule has 0 saturated heterocycles. The van der Waals surface area contributed by atoms with Crippen molar-refractivity contribution in [2.24, 2.45) is 0 Å². The highest BCUT2D eigenvalue weighted by molar-refractivity contribution is 5.86. The molecular weight excluding hydrogens is 326 g/mol. The normalized spacial score (nSPS) is 11.1. The van der Waals surface area contributed by atoms with Gasteiger partial charge in [0.25, 0.3) is 5.92 Å². The van der Waals surface area contributed by atoms with Gasteiger partial charge in [0, 0.05) is 5.57 Å². The minimum absolute atomic E-state index is 0.0734. The lowest BCUT2D eigenvalue weighted by atomic mass is 10.1. The first-order valence-electron chi connectivity index (χ1n) is 7.59. The Kier molecular flexibility index (Phi) is 9.83. The predicted octanol–water partition coefficient (Wildman–Crippen LogP) is 2.80. The molecule has 0 atom stereocenters. The monoisotopic (exact) mass is 350 g/mol. The highest BCUT2D eigenvalue weighted by Crippen LogP contribution is 2.24. The van der Waals surface area contributed by atoms with Crippen molar-refractivity contribution < 1.29 is 37.4 Å². The van der Waals surface area contributed by atoms with Crippen LogP contribution in [0.1, 0.15) is 46.5 Å². The lowest BCUT2D eigenvalue weighted by Crippen LogP contribution is -2.28. The maximum Gasteiger partial charge on any atom is 0.333 e. The summed E-state index contributed by atoms with van der Waals surface area (Å²) in [5.74, 6) is -6.20. The van der Waals surface area contributed by atoms with Crippen molar-refractivity contribution >= 4 is 17.9 Å². The number of hydrogen-bond acceptors (Lipinski definition) is 6. The van der Waals surface area contributed by atoms with Crippen molar-refractivity contribution in [1.82, 2.24) is 0 Å². The van der Waals surface area contributed by atoms with E-state index >= 15 is 0 Å². The molecule has 0 radical (unpaired) electrons. The van der Waals surface area contributed by atoms with E-state index in [9.17, 15) is 23.2 Å². The molecule has 0 spiro atoms. The number of halogens is 2. The summed E-state index contributed by atoms with van der Waals surface area (Å²) in [4.78, 5) is 33.6. The van der Waals surface area contributed by atoms with Crippen molar-refractivity contribution in [2.75, 3.05) is 13.2 Å². The van der Waals surface area contributed by atoms with Crippen LogP contribution in [0.25, 0.3) is 0 Å². The van der Waals surface area contributed by atoms with Crippen LogP contribution in [-0.4, -0.2) is 43.1 Å². The fourth-order valence-corrected chi connectivity index (χ4v) is 1.52. The summed E-state index contributed by atoms with van der Waals surface area (Å²) in [5, 5.41) is 0. The Morgan fingerprint density at radius 2 is 1.50 bits per heavy atom. The first-order valence-corrected chi connectivity index (χ1v) is 7.59. The molecule has 0 aliphatic carbocycles. The van der Waals surface area contributed by atoms with Gasteiger partial charge in [-0.3, -0.25) is 9.59 Å². The average molecular weight is 350 g/mol. The van der Waals surface area contributed by atoms with Crippen LogP contribution in [0.2, 0.25) is 0 Å². The van der Waals surface area contributed by atoms with Crippen molar-refractivity contribution in [1.29, 1.82) is 0 Å². The van der Waals surface area contributed by atoms with Crippen molar-refractivity contribution in [3.8, 4) is 0 Å². The summed E-state index contributed by atoms with van der Waals surface area (Å²) in [6, 6.07) is 0. The van der Waals surface area contributed by atoms with Crippen molar-refractivity contribution in [2.45, 2.75) is 58.5 Å². The number of hydrogen-bond donors (Lipinski definition) is 0. The van der Waals surface area contributed by atoms with Gasteiger partial charge in [-0.15, -0.1) is 0 Å². The molecule has 6 nitrogen and oxygen atoms in total. The number of esters is 3. The van der Waals surface area contributed by atoms with Crippen molar-refractivity contribution in [3.05, 3.63) is 12.2 Å². The summed E-state index contributed by atoms with van der Waals surface area (Å²) in [5.41, 5.74) is 0.277. The lowest BCUT2D eigenvalue weighted by molar-refractivity contribution is -0.161. The summed E-state index contributed by atoms with van der Waals surface area (Å²) >= 11 is 0. The summed E-state index contributed by atoms with van der Waals surface area (Å²) < 4.78 is 41.1. The third-order valence-electron chi connectivity index (χ3n) is 2.56. The Morgan fingerprint density at radius 1 is 1.00 bits per heavy atom. The van der Waals surface area contributed by atoms with Crippen LogP contribution in [-0.2, 0) is 28.6 Å². The van der Waals surface area contributed by atoms with Gasteiger partial charge in [0.2, 0.25) is 0 Å². The summed E-state index contributed by atoms with van der Waals surface area (Å²) in [6.07, 6.45) is -2.08. The Labute approximate surface area is 140 Å².